The molecule has 0 N–H and O–H groups in total. The van der Waals surface area contributed by atoms with Gasteiger partial charge in [-0.25, -0.2) is 4.98 Å². The van der Waals surface area contributed by atoms with Gasteiger partial charge < -0.3 is 9.30 Å². The van der Waals surface area contributed by atoms with Gasteiger partial charge in [0.2, 0.25) is 0 Å². The van der Waals surface area contributed by atoms with E-state index in [4.69, 9.17) is 14.8 Å². The minimum Gasteiger partial charge on any atom is -0.509 e. The molecule has 0 saturated carbocycles. The molecule has 0 spiro atoms. The second-order valence-corrected chi connectivity index (χ2v) is 15.3. The van der Waals surface area contributed by atoms with Crippen LogP contribution in [0.3, 0.4) is 0 Å². The van der Waals surface area contributed by atoms with Crippen LogP contribution in [-0.4, -0.2) is 19.3 Å². The van der Waals surface area contributed by atoms with Gasteiger partial charge in [0.05, 0.1) is 5.69 Å². The van der Waals surface area contributed by atoms with Crippen molar-refractivity contribution in [3.8, 4) is 34.1 Å². The molecule has 0 unspecified atom stereocenters. The Balaban J connectivity index is 0.00000481. The fraction of sp³-hybridized carbons (Fsp3) is 0.319. The van der Waals surface area contributed by atoms with Gasteiger partial charge in [-0.3, -0.25) is 4.68 Å². The van der Waals surface area contributed by atoms with E-state index < -0.39 is 0 Å². The van der Waals surface area contributed by atoms with Crippen LogP contribution in [0.1, 0.15) is 88.7 Å². The zero-order valence-corrected chi connectivity index (χ0v) is 34.2. The zero-order valence-electron chi connectivity index (χ0n) is 31.9. The Morgan fingerprint density at radius 2 is 1.49 bits per heavy atom. The fourth-order valence-electron chi connectivity index (χ4n) is 7.36. The maximum absolute atomic E-state index is 6.52. The summed E-state index contributed by atoms with van der Waals surface area (Å²) >= 11 is 0. The largest absolute Gasteiger partial charge is 2.00 e. The number of pyridine rings is 1. The second kappa shape index (κ2) is 16.7. The minimum absolute atomic E-state index is 0. The number of rotatable bonds is 13. The molecular weight excluding hydrogens is 832 g/mol. The molecule has 4 aromatic carbocycles. The summed E-state index contributed by atoms with van der Waals surface area (Å²) in [5.74, 6) is 2.15. The third kappa shape index (κ3) is 8.68. The molecule has 0 atom stereocenters. The molecule has 0 saturated heterocycles. The maximum atomic E-state index is 6.52. The van der Waals surface area contributed by atoms with E-state index in [0.29, 0.717) is 16.9 Å². The molecule has 0 fully saturated rings. The summed E-state index contributed by atoms with van der Waals surface area (Å²) in [6.07, 6.45) is 11.3. The van der Waals surface area contributed by atoms with Crippen molar-refractivity contribution in [2.75, 3.05) is 0 Å². The molecule has 0 radical (unpaired) electrons. The smallest absolute Gasteiger partial charge is 0.509 e. The number of benzene rings is 4. The Morgan fingerprint density at radius 1 is 0.736 bits per heavy atom. The first kappa shape index (κ1) is 38.3. The van der Waals surface area contributed by atoms with Crippen LogP contribution in [0, 0.1) is 31.4 Å². The van der Waals surface area contributed by atoms with Crippen LogP contribution in [0.15, 0.2) is 97.2 Å². The molecule has 3 aromatic heterocycles. The summed E-state index contributed by atoms with van der Waals surface area (Å²) in [4.78, 5) is 4.90. The quantitative estimate of drug-likeness (QED) is 0.0856. The molecule has 0 aliphatic heterocycles. The van der Waals surface area contributed by atoms with Gasteiger partial charge in [0, 0.05) is 34.5 Å². The van der Waals surface area contributed by atoms with Crippen molar-refractivity contribution in [1.29, 1.82) is 0 Å². The molecule has 274 valence electrons. The van der Waals surface area contributed by atoms with Crippen molar-refractivity contribution in [2.24, 2.45) is 5.41 Å². The van der Waals surface area contributed by atoms with Crippen molar-refractivity contribution in [2.45, 2.75) is 92.9 Å². The average molecular weight is 882 g/mol. The number of nitrogens with zero attached hydrogens (tertiary/aromatic N) is 4. The van der Waals surface area contributed by atoms with Gasteiger partial charge in [0.1, 0.15) is 5.82 Å². The van der Waals surface area contributed by atoms with Gasteiger partial charge in [-0.2, -0.15) is 17.2 Å². The zero-order chi connectivity index (χ0) is 36.2. The predicted molar refractivity (Wildman–Crippen MR) is 215 cm³/mol. The third-order valence-electron chi connectivity index (χ3n) is 10.0. The SMILES string of the molecule is CCCCCc1ccnc(-n2c3[c-]c(Oc4[c-]c(-n5nc(C)c(-c6ccccc6)c5C)ccc4)ccc3c3cc(CCCCC(C)(C)C)ccc32)c1.[Pt+2]. The first-order valence-electron chi connectivity index (χ1n) is 19.0. The van der Waals surface area contributed by atoms with Gasteiger partial charge in [-0.1, -0.05) is 94.9 Å². The van der Waals surface area contributed by atoms with Gasteiger partial charge in [0.25, 0.3) is 0 Å². The van der Waals surface area contributed by atoms with E-state index in [-0.39, 0.29) is 21.1 Å². The van der Waals surface area contributed by atoms with Gasteiger partial charge in [0.15, 0.2) is 0 Å². The Kier molecular flexibility index (Phi) is 12.0. The number of unbranched alkanes of at least 4 members (excludes halogenated alkanes) is 3. The molecule has 0 aliphatic rings. The topological polar surface area (TPSA) is 44.9 Å². The van der Waals surface area contributed by atoms with Crippen LogP contribution < -0.4 is 4.74 Å². The monoisotopic (exact) mass is 881 g/mol. The minimum atomic E-state index is 0. The van der Waals surface area contributed by atoms with E-state index in [1.807, 2.05) is 41.2 Å². The molecule has 53 heavy (non-hydrogen) atoms. The molecule has 3 heterocycles. The van der Waals surface area contributed by atoms with Crippen LogP contribution in [0.4, 0.5) is 0 Å². The van der Waals surface area contributed by atoms with Gasteiger partial charge in [-0.15, -0.1) is 35.7 Å². The average Bonchev–Trinajstić information content (AvgIpc) is 3.62. The maximum Gasteiger partial charge on any atom is 2.00 e. The van der Waals surface area contributed by atoms with E-state index in [0.717, 1.165) is 63.3 Å². The summed E-state index contributed by atoms with van der Waals surface area (Å²) in [7, 11) is 0. The summed E-state index contributed by atoms with van der Waals surface area (Å²) in [6, 6.07) is 39.0. The van der Waals surface area contributed by atoms with E-state index in [1.165, 1.54) is 55.0 Å². The van der Waals surface area contributed by atoms with Crippen LogP contribution in [-0.2, 0) is 33.9 Å². The number of fused-ring (bicyclic) bond motifs is 3. The van der Waals surface area contributed by atoms with E-state index >= 15 is 0 Å². The fourth-order valence-corrected chi connectivity index (χ4v) is 7.36. The molecule has 5 nitrogen and oxygen atoms in total. The number of aromatic nitrogens is 4. The van der Waals surface area contributed by atoms with Crippen molar-refractivity contribution in [3.05, 3.63) is 132 Å². The summed E-state index contributed by atoms with van der Waals surface area (Å²) in [6.45, 7) is 13.4. The van der Waals surface area contributed by atoms with E-state index in [2.05, 4.69) is 119 Å². The second-order valence-electron chi connectivity index (χ2n) is 15.3. The summed E-state index contributed by atoms with van der Waals surface area (Å²) in [5.41, 5.74) is 10.3. The first-order chi connectivity index (χ1) is 25.2. The Labute approximate surface area is 329 Å². The van der Waals surface area contributed by atoms with Gasteiger partial charge in [-0.05, 0) is 97.3 Å². The number of ether oxygens (including phenoxy) is 1. The molecular formula is C47H50N4OPt. The number of hydrogen-bond donors (Lipinski definition) is 0. The van der Waals surface area contributed by atoms with Crippen LogP contribution in [0.2, 0.25) is 0 Å². The summed E-state index contributed by atoms with van der Waals surface area (Å²) < 4.78 is 10.7. The van der Waals surface area contributed by atoms with E-state index in [1.54, 1.807) is 0 Å². The van der Waals surface area contributed by atoms with Crippen molar-refractivity contribution in [1.82, 2.24) is 19.3 Å². The molecule has 0 aliphatic carbocycles. The van der Waals surface area contributed by atoms with Gasteiger partial charge >= 0.3 is 21.1 Å². The molecule has 7 rings (SSSR count). The standard InChI is InChI=1S/C47H50N4O.Pt/c1-7-8-10-16-36-26-28-48-45(30-36)50-43-25-22-35(17-13-14-27-47(4,5)6)29-42(43)41-24-23-40(32-44(41)50)52-39-21-15-20-38(31-39)51-34(3)46(33(2)49-51)37-18-11-9-12-19-37;/h9,11-12,15,18-26,28-30H,7-8,10,13-14,16-17,27H2,1-6H3;/q-2;+2. The van der Waals surface area contributed by atoms with Crippen LogP contribution in [0.25, 0.3) is 44.4 Å². The Bertz CT molecular complexity index is 2310. The van der Waals surface area contributed by atoms with Crippen molar-refractivity contribution in [3.63, 3.8) is 0 Å². The van der Waals surface area contributed by atoms with Crippen LogP contribution >= 0.6 is 0 Å². The Morgan fingerprint density at radius 3 is 2.26 bits per heavy atom. The van der Waals surface area contributed by atoms with E-state index in [9.17, 15) is 0 Å². The third-order valence-corrected chi connectivity index (χ3v) is 10.0. The molecule has 6 heteroatoms. The predicted octanol–water partition coefficient (Wildman–Crippen LogP) is 12.5. The normalized spacial score (nSPS) is 11.7. The summed E-state index contributed by atoms with van der Waals surface area (Å²) in [5, 5.41) is 7.26. The Hall–Kier alpha value is -4.47. The van der Waals surface area contributed by atoms with Crippen LogP contribution in [0.5, 0.6) is 11.5 Å². The molecule has 0 bridgehead atoms. The molecule has 7 aromatic rings. The van der Waals surface area contributed by atoms with Crippen molar-refractivity contribution >= 4 is 21.8 Å². The van der Waals surface area contributed by atoms with Crippen molar-refractivity contribution < 1.29 is 25.8 Å². The molecule has 0 amide bonds. The number of hydrogen-bond acceptors (Lipinski definition) is 3. The number of aryl methyl sites for hydroxylation is 3. The first-order valence-corrected chi connectivity index (χ1v) is 19.0.